The van der Waals surface area contributed by atoms with E-state index in [2.05, 4.69) is 14.9 Å². The van der Waals surface area contributed by atoms with Crippen LogP contribution in [0.5, 0.6) is 5.75 Å². The number of hydrogen-bond acceptors (Lipinski definition) is 5. The molecule has 6 nitrogen and oxygen atoms in total. The van der Waals surface area contributed by atoms with E-state index in [1.165, 1.54) is 18.4 Å². The van der Waals surface area contributed by atoms with Crippen LogP contribution in [0, 0.1) is 0 Å². The van der Waals surface area contributed by atoms with Gasteiger partial charge in [0.05, 0.1) is 12.8 Å². The third kappa shape index (κ3) is 3.23. The van der Waals surface area contributed by atoms with Gasteiger partial charge in [0.25, 0.3) is 5.91 Å². The van der Waals surface area contributed by atoms with Crippen molar-refractivity contribution < 1.29 is 9.53 Å². The third-order valence-electron chi connectivity index (χ3n) is 5.27. The van der Waals surface area contributed by atoms with Gasteiger partial charge in [0.2, 0.25) is 0 Å². The molecule has 0 saturated carbocycles. The highest BCUT2D eigenvalue weighted by molar-refractivity contribution is 5.94. The molecule has 0 spiro atoms. The topological polar surface area (TPSA) is 58.6 Å². The number of benzene rings is 1. The molecule has 0 N–H and O–H groups in total. The number of amides is 1. The average molecular weight is 352 g/mol. The van der Waals surface area contributed by atoms with E-state index >= 15 is 0 Å². The van der Waals surface area contributed by atoms with Gasteiger partial charge in [0.1, 0.15) is 17.9 Å². The van der Waals surface area contributed by atoms with E-state index in [1.807, 2.05) is 23.1 Å². The van der Waals surface area contributed by atoms with Crippen LogP contribution in [-0.4, -0.2) is 54.1 Å². The van der Waals surface area contributed by atoms with Gasteiger partial charge < -0.3 is 14.5 Å². The first-order valence-electron chi connectivity index (χ1n) is 9.27. The molecule has 2 aromatic rings. The molecule has 136 valence electrons. The molecule has 2 aliphatic rings. The average Bonchev–Trinajstić information content (AvgIpc) is 3.13. The Labute approximate surface area is 153 Å². The Morgan fingerprint density at radius 2 is 1.88 bits per heavy atom. The zero-order valence-electron chi connectivity index (χ0n) is 15.1. The number of methoxy groups -OCH3 is 1. The second-order valence-electron chi connectivity index (χ2n) is 6.84. The van der Waals surface area contributed by atoms with E-state index in [1.54, 1.807) is 19.5 Å². The fourth-order valence-corrected chi connectivity index (χ4v) is 3.85. The number of rotatable bonds is 3. The van der Waals surface area contributed by atoms with E-state index in [0.29, 0.717) is 24.4 Å². The largest absolute Gasteiger partial charge is 0.497 e. The second kappa shape index (κ2) is 7.32. The molecule has 26 heavy (non-hydrogen) atoms. The summed E-state index contributed by atoms with van der Waals surface area (Å²) in [5, 5.41) is 0. The van der Waals surface area contributed by atoms with Gasteiger partial charge in [-0.05, 0) is 37.5 Å². The molecule has 1 fully saturated rings. The molecule has 3 heterocycles. The smallest absolute Gasteiger partial charge is 0.254 e. The van der Waals surface area contributed by atoms with Gasteiger partial charge in [-0.3, -0.25) is 4.79 Å². The van der Waals surface area contributed by atoms with Crippen molar-refractivity contribution in [2.75, 3.05) is 38.2 Å². The Balaban J connectivity index is 1.54. The lowest BCUT2D eigenvalue weighted by Gasteiger charge is -2.21. The van der Waals surface area contributed by atoms with Gasteiger partial charge in [0, 0.05) is 43.7 Å². The normalized spacial score (nSPS) is 17.0. The van der Waals surface area contributed by atoms with Crippen LogP contribution in [0.25, 0.3) is 0 Å². The van der Waals surface area contributed by atoms with Crippen molar-refractivity contribution in [1.82, 2.24) is 14.9 Å². The van der Waals surface area contributed by atoms with Gasteiger partial charge in [-0.15, -0.1) is 0 Å². The summed E-state index contributed by atoms with van der Waals surface area (Å²) >= 11 is 0. The van der Waals surface area contributed by atoms with Crippen molar-refractivity contribution in [1.29, 1.82) is 0 Å². The maximum Gasteiger partial charge on any atom is 0.254 e. The molecule has 1 aromatic carbocycles. The predicted octanol–water partition coefficient (Wildman–Crippen LogP) is 2.33. The van der Waals surface area contributed by atoms with Crippen LogP contribution in [-0.2, 0) is 12.8 Å². The van der Waals surface area contributed by atoms with E-state index in [9.17, 15) is 4.79 Å². The number of fused-ring (bicyclic) bond motifs is 1. The Hall–Kier alpha value is -2.63. The summed E-state index contributed by atoms with van der Waals surface area (Å²) < 4.78 is 5.25. The van der Waals surface area contributed by atoms with Crippen LogP contribution < -0.4 is 9.64 Å². The van der Waals surface area contributed by atoms with Crippen LogP contribution >= 0.6 is 0 Å². The number of carbonyl (C=O) groups is 1. The predicted molar refractivity (Wildman–Crippen MR) is 99.8 cm³/mol. The summed E-state index contributed by atoms with van der Waals surface area (Å²) in [7, 11) is 1.62. The number of ether oxygens (including phenoxy) is 1. The second-order valence-corrected chi connectivity index (χ2v) is 6.84. The van der Waals surface area contributed by atoms with Crippen molar-refractivity contribution in [3.8, 4) is 5.75 Å². The number of nitrogens with zero attached hydrogens (tertiary/aromatic N) is 4. The summed E-state index contributed by atoms with van der Waals surface area (Å²) in [5.41, 5.74) is 2.97. The lowest BCUT2D eigenvalue weighted by atomic mass is 10.1. The molecule has 0 bridgehead atoms. The summed E-state index contributed by atoms with van der Waals surface area (Å²) in [5.74, 6) is 1.83. The first kappa shape index (κ1) is 16.8. The molecule has 1 amide bonds. The summed E-state index contributed by atoms with van der Waals surface area (Å²) in [6.45, 7) is 3.50. The molecular weight excluding hydrogens is 328 g/mol. The molecule has 0 atom stereocenters. The minimum Gasteiger partial charge on any atom is -0.497 e. The van der Waals surface area contributed by atoms with Crippen molar-refractivity contribution >= 4 is 11.7 Å². The van der Waals surface area contributed by atoms with Crippen LogP contribution in [0.4, 0.5) is 5.82 Å². The number of hydrogen-bond donors (Lipinski definition) is 0. The van der Waals surface area contributed by atoms with Gasteiger partial charge >= 0.3 is 0 Å². The van der Waals surface area contributed by atoms with E-state index in [-0.39, 0.29) is 5.91 Å². The van der Waals surface area contributed by atoms with Gasteiger partial charge in [-0.2, -0.15) is 0 Å². The zero-order valence-corrected chi connectivity index (χ0v) is 15.1. The maximum absolute atomic E-state index is 12.9. The van der Waals surface area contributed by atoms with E-state index in [0.717, 1.165) is 37.4 Å². The third-order valence-corrected chi connectivity index (χ3v) is 5.27. The fraction of sp³-hybridized carbons (Fsp3) is 0.450. The molecule has 2 aliphatic heterocycles. The van der Waals surface area contributed by atoms with Crippen LogP contribution in [0.1, 0.15) is 34.5 Å². The van der Waals surface area contributed by atoms with Gasteiger partial charge in [0.15, 0.2) is 0 Å². The first-order chi connectivity index (χ1) is 12.8. The van der Waals surface area contributed by atoms with Gasteiger partial charge in [-0.1, -0.05) is 6.07 Å². The summed E-state index contributed by atoms with van der Waals surface area (Å²) in [6, 6.07) is 7.36. The van der Waals surface area contributed by atoms with E-state index < -0.39 is 0 Å². The van der Waals surface area contributed by atoms with Crippen LogP contribution in [0.3, 0.4) is 0 Å². The standard InChI is InChI=1S/C20H24N4O2/c1-26-16-6-4-5-15(13-16)20(25)24-11-7-17-18(8-12-24)21-14-22-19(17)23-9-2-3-10-23/h4-6,13-14H,2-3,7-12H2,1H3. The quantitative estimate of drug-likeness (QED) is 0.848. The monoisotopic (exact) mass is 352 g/mol. The Morgan fingerprint density at radius 3 is 2.69 bits per heavy atom. The van der Waals surface area contributed by atoms with Gasteiger partial charge in [-0.25, -0.2) is 9.97 Å². The zero-order chi connectivity index (χ0) is 17.9. The Morgan fingerprint density at radius 1 is 1.08 bits per heavy atom. The minimum atomic E-state index is 0.0485. The lowest BCUT2D eigenvalue weighted by molar-refractivity contribution is 0.0762. The highest BCUT2D eigenvalue weighted by atomic mass is 16.5. The molecule has 1 aromatic heterocycles. The fourth-order valence-electron chi connectivity index (χ4n) is 3.85. The Bertz CT molecular complexity index is 802. The number of aromatic nitrogens is 2. The summed E-state index contributed by atoms with van der Waals surface area (Å²) in [4.78, 5) is 26.3. The minimum absolute atomic E-state index is 0.0485. The Kier molecular flexibility index (Phi) is 4.73. The van der Waals surface area contributed by atoms with E-state index in [4.69, 9.17) is 4.74 Å². The van der Waals surface area contributed by atoms with Crippen molar-refractivity contribution in [3.05, 3.63) is 47.4 Å². The first-order valence-corrected chi connectivity index (χ1v) is 9.27. The molecule has 4 rings (SSSR count). The highest BCUT2D eigenvalue weighted by Gasteiger charge is 2.25. The molecule has 1 saturated heterocycles. The number of carbonyl (C=O) groups excluding carboxylic acids is 1. The van der Waals surface area contributed by atoms with Crippen LogP contribution in [0.15, 0.2) is 30.6 Å². The van der Waals surface area contributed by atoms with Crippen LogP contribution in [0.2, 0.25) is 0 Å². The van der Waals surface area contributed by atoms with Crippen molar-refractivity contribution in [3.63, 3.8) is 0 Å². The molecular formula is C20H24N4O2. The maximum atomic E-state index is 12.9. The lowest BCUT2D eigenvalue weighted by Crippen LogP contribution is -2.33. The molecule has 6 heteroatoms. The number of anilines is 1. The highest BCUT2D eigenvalue weighted by Crippen LogP contribution is 2.27. The SMILES string of the molecule is COc1cccc(C(=O)N2CCc3ncnc(N4CCCC4)c3CC2)c1. The summed E-state index contributed by atoms with van der Waals surface area (Å²) in [6.07, 6.45) is 5.69. The molecule has 0 unspecified atom stereocenters. The van der Waals surface area contributed by atoms with Crippen molar-refractivity contribution in [2.45, 2.75) is 25.7 Å². The molecule has 0 radical (unpaired) electrons. The molecule has 0 aliphatic carbocycles. The van der Waals surface area contributed by atoms with Crippen molar-refractivity contribution in [2.24, 2.45) is 0 Å².